The molecule has 0 spiro atoms. The van der Waals surface area contributed by atoms with E-state index >= 15 is 0 Å². The third kappa shape index (κ3) is 4.58. The van der Waals surface area contributed by atoms with Gasteiger partial charge in [0.05, 0.1) is 16.3 Å². The molecule has 1 aromatic heterocycles. The van der Waals surface area contributed by atoms with E-state index in [9.17, 15) is 9.59 Å². The minimum atomic E-state index is -0.738. The molecular weight excluding hydrogens is 394 g/mol. The van der Waals surface area contributed by atoms with Crippen LogP contribution in [-0.4, -0.2) is 22.8 Å². The van der Waals surface area contributed by atoms with Gasteiger partial charge < -0.3 is 10.6 Å². The third-order valence-corrected chi connectivity index (χ3v) is 5.48. The van der Waals surface area contributed by atoms with E-state index in [0.717, 1.165) is 11.3 Å². The number of nitrogens with zero attached hydrogens (tertiary/aromatic N) is 1. The Labute approximate surface area is 172 Å². The van der Waals surface area contributed by atoms with Crippen LogP contribution in [-0.2, 0) is 4.79 Å². The average molecular weight is 414 g/mol. The molecule has 0 aliphatic carbocycles. The molecule has 0 unspecified atom stereocenters. The van der Waals surface area contributed by atoms with Crippen LogP contribution < -0.4 is 10.6 Å². The molecule has 2 aromatic carbocycles. The second-order valence-corrected chi connectivity index (χ2v) is 7.77. The quantitative estimate of drug-likeness (QED) is 0.628. The summed E-state index contributed by atoms with van der Waals surface area (Å²) in [6, 6.07) is 12.1. The molecule has 0 fully saturated rings. The van der Waals surface area contributed by atoms with Gasteiger partial charge >= 0.3 is 0 Å². The van der Waals surface area contributed by atoms with Gasteiger partial charge in [-0.05, 0) is 50.1 Å². The van der Waals surface area contributed by atoms with Gasteiger partial charge in [-0.1, -0.05) is 35.9 Å². The molecule has 144 valence electrons. The lowest BCUT2D eigenvalue weighted by Gasteiger charge is -2.13. The van der Waals surface area contributed by atoms with E-state index in [-0.39, 0.29) is 5.91 Å². The molecule has 2 amide bonds. The predicted octanol–water partition coefficient (Wildman–Crippen LogP) is 4.84. The minimum absolute atomic E-state index is 0.329. The second-order valence-electron chi connectivity index (χ2n) is 6.50. The van der Waals surface area contributed by atoms with E-state index in [1.54, 1.807) is 31.2 Å². The van der Waals surface area contributed by atoms with E-state index in [1.807, 2.05) is 11.4 Å². The number of hydrogen-bond donors (Lipinski definition) is 2. The Morgan fingerprint density at radius 3 is 2.57 bits per heavy atom. The first kappa shape index (κ1) is 20.0. The molecule has 0 saturated carbocycles. The molecule has 0 aliphatic heterocycles. The zero-order valence-corrected chi connectivity index (χ0v) is 17.3. The summed E-state index contributed by atoms with van der Waals surface area (Å²) in [5.74, 6) is -0.746. The van der Waals surface area contributed by atoms with Gasteiger partial charge in [-0.15, -0.1) is 11.3 Å². The first-order valence-electron chi connectivity index (χ1n) is 8.74. The molecule has 3 rings (SSSR count). The van der Waals surface area contributed by atoms with Gasteiger partial charge in [0.15, 0.2) is 5.13 Å². The smallest absolute Gasteiger partial charge is 0.253 e. The van der Waals surface area contributed by atoms with Crippen LogP contribution in [0.4, 0.5) is 5.13 Å². The van der Waals surface area contributed by atoms with E-state index in [1.165, 1.54) is 22.5 Å². The van der Waals surface area contributed by atoms with Gasteiger partial charge in [0.2, 0.25) is 5.91 Å². The topological polar surface area (TPSA) is 71.1 Å². The molecule has 2 N–H and O–H groups in total. The lowest BCUT2D eigenvalue weighted by atomic mass is 10.1. The Morgan fingerprint density at radius 1 is 1.11 bits per heavy atom. The fourth-order valence-corrected chi connectivity index (χ4v) is 3.51. The number of hydrogen-bond acceptors (Lipinski definition) is 4. The number of nitrogens with one attached hydrogen (secondary N) is 2. The summed E-state index contributed by atoms with van der Waals surface area (Å²) in [6.07, 6.45) is 0. The number of benzene rings is 2. The normalized spacial score (nSPS) is 11.7. The summed E-state index contributed by atoms with van der Waals surface area (Å²) in [5, 5.41) is 8.12. The number of carbonyl (C=O) groups excluding carboxylic acids is 2. The number of anilines is 1. The summed E-state index contributed by atoms with van der Waals surface area (Å²) in [5.41, 5.74) is 4.54. The second kappa shape index (κ2) is 8.54. The summed E-state index contributed by atoms with van der Waals surface area (Å²) < 4.78 is 0. The molecule has 0 aliphatic rings. The lowest BCUT2D eigenvalue weighted by Crippen LogP contribution is -2.41. The summed E-state index contributed by atoms with van der Waals surface area (Å²) >= 11 is 7.36. The number of halogens is 1. The van der Waals surface area contributed by atoms with Crippen LogP contribution in [0.5, 0.6) is 0 Å². The summed E-state index contributed by atoms with van der Waals surface area (Å²) in [4.78, 5) is 29.2. The highest BCUT2D eigenvalue weighted by atomic mass is 35.5. The Kier molecular flexibility index (Phi) is 6.11. The highest BCUT2D eigenvalue weighted by Gasteiger charge is 2.19. The number of aromatic nitrogens is 1. The SMILES string of the molecule is Cc1ccc(-c2csc(NC(=O)[C@H](C)NC(=O)c3ccccc3Cl)n2)cc1C. The first-order valence-corrected chi connectivity index (χ1v) is 10.0. The molecular formula is C21H20ClN3O2S. The van der Waals surface area contributed by atoms with E-state index in [2.05, 4.69) is 41.6 Å². The lowest BCUT2D eigenvalue weighted by molar-refractivity contribution is -0.117. The maximum Gasteiger partial charge on any atom is 0.253 e. The van der Waals surface area contributed by atoms with Crippen LogP contribution >= 0.6 is 22.9 Å². The Morgan fingerprint density at radius 2 is 1.86 bits per heavy atom. The van der Waals surface area contributed by atoms with Gasteiger partial charge in [-0.2, -0.15) is 0 Å². The maximum atomic E-state index is 12.4. The van der Waals surface area contributed by atoms with Crippen LogP contribution in [0.1, 0.15) is 28.4 Å². The van der Waals surface area contributed by atoms with Gasteiger partial charge in [0, 0.05) is 10.9 Å². The van der Waals surface area contributed by atoms with Crippen molar-refractivity contribution in [3.05, 3.63) is 69.6 Å². The molecule has 1 heterocycles. The zero-order valence-electron chi connectivity index (χ0n) is 15.7. The molecule has 1 atom stereocenters. The van der Waals surface area contributed by atoms with E-state index < -0.39 is 11.9 Å². The van der Waals surface area contributed by atoms with Crippen LogP contribution in [0.3, 0.4) is 0 Å². The zero-order chi connectivity index (χ0) is 20.3. The number of aryl methyl sites for hydroxylation is 2. The van der Waals surface area contributed by atoms with Crippen LogP contribution in [0.2, 0.25) is 5.02 Å². The van der Waals surface area contributed by atoms with Crippen molar-refractivity contribution in [3.8, 4) is 11.3 Å². The van der Waals surface area contributed by atoms with Crippen LogP contribution in [0, 0.1) is 13.8 Å². The van der Waals surface area contributed by atoms with E-state index in [0.29, 0.717) is 15.7 Å². The fraction of sp³-hybridized carbons (Fsp3) is 0.190. The molecule has 5 nitrogen and oxygen atoms in total. The first-order chi connectivity index (χ1) is 13.3. The summed E-state index contributed by atoms with van der Waals surface area (Å²) in [7, 11) is 0. The van der Waals surface area contributed by atoms with Crippen molar-refractivity contribution in [3.63, 3.8) is 0 Å². The molecule has 0 radical (unpaired) electrons. The van der Waals surface area contributed by atoms with Crippen molar-refractivity contribution in [2.45, 2.75) is 26.8 Å². The number of rotatable bonds is 5. The molecule has 7 heteroatoms. The number of carbonyl (C=O) groups is 2. The van der Waals surface area contributed by atoms with Crippen molar-refractivity contribution in [2.75, 3.05) is 5.32 Å². The van der Waals surface area contributed by atoms with Crippen LogP contribution in [0.15, 0.2) is 47.8 Å². The van der Waals surface area contributed by atoms with Crippen molar-refractivity contribution < 1.29 is 9.59 Å². The third-order valence-electron chi connectivity index (χ3n) is 4.40. The molecule has 3 aromatic rings. The fourth-order valence-electron chi connectivity index (χ4n) is 2.56. The highest BCUT2D eigenvalue weighted by Crippen LogP contribution is 2.26. The number of thiazole rings is 1. The van der Waals surface area contributed by atoms with Crippen molar-refractivity contribution in [2.24, 2.45) is 0 Å². The molecule has 28 heavy (non-hydrogen) atoms. The van der Waals surface area contributed by atoms with Crippen molar-refractivity contribution in [1.29, 1.82) is 0 Å². The summed E-state index contributed by atoms with van der Waals surface area (Å²) in [6.45, 7) is 5.73. The Bertz CT molecular complexity index is 1030. The largest absolute Gasteiger partial charge is 0.340 e. The van der Waals surface area contributed by atoms with Gasteiger partial charge in [0.1, 0.15) is 6.04 Å². The number of amides is 2. The predicted molar refractivity (Wildman–Crippen MR) is 114 cm³/mol. The standard InChI is InChI=1S/C21H20ClN3O2S/c1-12-8-9-15(10-13(12)2)18-11-28-21(24-18)25-19(26)14(3)23-20(27)16-6-4-5-7-17(16)22/h4-11,14H,1-3H3,(H,23,27)(H,24,25,26)/t14-/m0/s1. The van der Waals surface area contributed by atoms with Gasteiger partial charge in [-0.25, -0.2) is 4.98 Å². The van der Waals surface area contributed by atoms with Gasteiger partial charge in [-0.3, -0.25) is 9.59 Å². The van der Waals surface area contributed by atoms with Gasteiger partial charge in [0.25, 0.3) is 5.91 Å². The minimum Gasteiger partial charge on any atom is -0.340 e. The molecule has 0 saturated heterocycles. The Balaban J connectivity index is 1.64. The van der Waals surface area contributed by atoms with Crippen LogP contribution in [0.25, 0.3) is 11.3 Å². The highest BCUT2D eigenvalue weighted by molar-refractivity contribution is 7.14. The van der Waals surface area contributed by atoms with Crippen molar-refractivity contribution >= 4 is 39.9 Å². The Hall–Kier alpha value is -2.70. The molecule has 0 bridgehead atoms. The monoisotopic (exact) mass is 413 g/mol. The maximum absolute atomic E-state index is 12.4. The average Bonchev–Trinajstić information content (AvgIpc) is 3.12. The van der Waals surface area contributed by atoms with E-state index in [4.69, 9.17) is 11.6 Å². The van der Waals surface area contributed by atoms with Crippen molar-refractivity contribution in [1.82, 2.24) is 10.3 Å².